The van der Waals surface area contributed by atoms with Crippen molar-refractivity contribution >= 4 is 26.9 Å². The van der Waals surface area contributed by atoms with Gasteiger partial charge in [0.25, 0.3) is 0 Å². The fraction of sp³-hybridized carbons (Fsp3) is 0.333. The van der Waals surface area contributed by atoms with E-state index >= 15 is 0 Å². The molecule has 1 aliphatic heterocycles. The second-order valence-corrected chi connectivity index (χ2v) is 9.96. The number of nitrogens with zero attached hydrogens (tertiary/aromatic N) is 3. The summed E-state index contributed by atoms with van der Waals surface area (Å²) in [5.74, 6) is -2.25. The van der Waals surface area contributed by atoms with Crippen molar-refractivity contribution in [3.05, 3.63) is 70.9 Å². The number of benzene rings is 2. The molecule has 1 saturated heterocycles. The molecular weight excluding hydrogens is 464 g/mol. The lowest BCUT2D eigenvalue weighted by molar-refractivity contribution is 0.0522. The Morgan fingerprint density at radius 1 is 1.09 bits per heavy atom. The lowest BCUT2D eigenvalue weighted by Gasteiger charge is -2.34. The number of carbonyl (C=O) groups is 1. The summed E-state index contributed by atoms with van der Waals surface area (Å²) >= 11 is 0. The highest BCUT2D eigenvalue weighted by Gasteiger charge is 2.32. The number of fused-ring (bicyclic) bond motifs is 1. The van der Waals surface area contributed by atoms with Crippen molar-refractivity contribution in [3.63, 3.8) is 0 Å². The van der Waals surface area contributed by atoms with E-state index < -0.39 is 32.5 Å². The zero-order valence-corrected chi connectivity index (χ0v) is 19.7. The number of hydrogen-bond donors (Lipinski definition) is 0. The number of halogens is 2. The van der Waals surface area contributed by atoms with Gasteiger partial charge >= 0.3 is 5.97 Å². The number of ether oxygens (including phenoxy) is 1. The number of pyridine rings is 1. The molecule has 0 unspecified atom stereocenters. The Kier molecular flexibility index (Phi) is 6.92. The molecular formula is C24H25F2N3O4S. The van der Waals surface area contributed by atoms with Gasteiger partial charge in [0.2, 0.25) is 10.0 Å². The van der Waals surface area contributed by atoms with Crippen LogP contribution in [0.1, 0.15) is 28.5 Å². The molecule has 1 fully saturated rings. The van der Waals surface area contributed by atoms with Crippen LogP contribution in [0.4, 0.5) is 8.78 Å². The van der Waals surface area contributed by atoms with Crippen LogP contribution in [0.2, 0.25) is 0 Å². The van der Waals surface area contributed by atoms with Crippen LogP contribution in [0.3, 0.4) is 0 Å². The number of esters is 1. The molecule has 7 nitrogen and oxygen atoms in total. The molecule has 1 aromatic heterocycles. The number of carbonyl (C=O) groups excluding carboxylic acids is 1. The summed E-state index contributed by atoms with van der Waals surface area (Å²) in [5.41, 5.74) is 2.51. The monoisotopic (exact) mass is 489 g/mol. The molecule has 0 saturated carbocycles. The van der Waals surface area contributed by atoms with Crippen molar-refractivity contribution in [2.24, 2.45) is 0 Å². The summed E-state index contributed by atoms with van der Waals surface area (Å²) in [4.78, 5) is 18.8. The normalized spacial score (nSPS) is 15.5. The minimum atomic E-state index is -4.17. The Bertz CT molecular complexity index is 1340. The molecule has 0 amide bonds. The van der Waals surface area contributed by atoms with Gasteiger partial charge < -0.3 is 4.74 Å². The highest BCUT2D eigenvalue weighted by atomic mass is 32.2. The van der Waals surface area contributed by atoms with E-state index in [-0.39, 0.29) is 19.7 Å². The Hall–Kier alpha value is -2.95. The predicted molar refractivity (Wildman–Crippen MR) is 123 cm³/mol. The van der Waals surface area contributed by atoms with Crippen molar-refractivity contribution in [1.82, 2.24) is 14.2 Å². The molecule has 0 spiro atoms. The number of aryl methyl sites for hydroxylation is 1. The zero-order chi connectivity index (χ0) is 24.5. The Morgan fingerprint density at radius 2 is 1.79 bits per heavy atom. The fourth-order valence-electron chi connectivity index (χ4n) is 4.18. The van der Waals surface area contributed by atoms with Gasteiger partial charge in [0.05, 0.1) is 23.4 Å². The minimum Gasteiger partial charge on any atom is -0.462 e. The summed E-state index contributed by atoms with van der Waals surface area (Å²) < 4.78 is 59.8. The number of aromatic nitrogens is 1. The van der Waals surface area contributed by atoms with Crippen LogP contribution in [0.25, 0.3) is 10.9 Å². The molecule has 4 rings (SSSR count). The largest absolute Gasteiger partial charge is 0.462 e. The molecule has 2 aromatic carbocycles. The van der Waals surface area contributed by atoms with E-state index in [0.717, 1.165) is 32.9 Å². The van der Waals surface area contributed by atoms with Gasteiger partial charge in [0.1, 0.15) is 16.5 Å². The Morgan fingerprint density at radius 3 is 2.50 bits per heavy atom. The number of sulfonamides is 1. The van der Waals surface area contributed by atoms with Gasteiger partial charge in [0.15, 0.2) is 0 Å². The average molecular weight is 490 g/mol. The average Bonchev–Trinajstić information content (AvgIpc) is 2.81. The highest BCUT2D eigenvalue weighted by molar-refractivity contribution is 7.89. The topological polar surface area (TPSA) is 79.8 Å². The molecule has 3 aromatic rings. The van der Waals surface area contributed by atoms with Crippen LogP contribution in [-0.4, -0.2) is 61.4 Å². The SMILES string of the molecule is CCOC(=O)c1c(CN2CCN(S(=O)(=O)c3cc(F)ccc3F)CC2)nc2ccccc2c1C. The second kappa shape index (κ2) is 9.73. The minimum absolute atomic E-state index is 0.0968. The van der Waals surface area contributed by atoms with E-state index in [2.05, 4.69) is 0 Å². The van der Waals surface area contributed by atoms with Crippen LogP contribution >= 0.6 is 0 Å². The first-order valence-corrected chi connectivity index (χ1v) is 12.4. The van der Waals surface area contributed by atoms with E-state index in [1.54, 1.807) is 6.92 Å². The Labute approximate surface area is 197 Å². The molecule has 0 radical (unpaired) electrons. The third-order valence-electron chi connectivity index (χ3n) is 5.92. The maximum Gasteiger partial charge on any atom is 0.340 e. The lowest BCUT2D eigenvalue weighted by atomic mass is 10.0. The zero-order valence-electron chi connectivity index (χ0n) is 18.9. The van der Waals surface area contributed by atoms with Gasteiger partial charge in [-0.15, -0.1) is 0 Å². The maximum atomic E-state index is 14.1. The first-order chi connectivity index (χ1) is 16.2. The third kappa shape index (κ3) is 4.66. The summed E-state index contributed by atoms with van der Waals surface area (Å²) in [6.07, 6.45) is 0. The van der Waals surface area contributed by atoms with E-state index in [1.807, 2.05) is 36.1 Å². The van der Waals surface area contributed by atoms with Crippen molar-refractivity contribution in [2.75, 3.05) is 32.8 Å². The summed E-state index contributed by atoms with van der Waals surface area (Å²) in [5, 5.41) is 0.863. The van der Waals surface area contributed by atoms with Crippen LogP contribution < -0.4 is 0 Å². The third-order valence-corrected chi connectivity index (χ3v) is 7.84. The van der Waals surface area contributed by atoms with Gasteiger partial charge in [-0.2, -0.15) is 4.31 Å². The molecule has 10 heteroatoms. The smallest absolute Gasteiger partial charge is 0.340 e. The van der Waals surface area contributed by atoms with Gasteiger partial charge in [0, 0.05) is 38.1 Å². The maximum absolute atomic E-state index is 14.1. The van der Waals surface area contributed by atoms with Gasteiger partial charge in [-0.3, -0.25) is 9.88 Å². The number of rotatable bonds is 6. The standard InChI is InChI=1S/C24H25F2N3O4S/c1-3-33-24(30)23-16(2)18-6-4-5-7-20(18)27-21(23)15-28-10-12-29(13-11-28)34(31,32)22-14-17(25)8-9-19(22)26/h4-9,14H,3,10-13,15H2,1-2H3. The number of piperazine rings is 1. The first-order valence-electron chi connectivity index (χ1n) is 10.9. The molecule has 1 aliphatic rings. The van der Waals surface area contributed by atoms with Gasteiger partial charge in [-0.05, 0) is 43.7 Å². The second-order valence-electron chi connectivity index (χ2n) is 8.05. The van der Waals surface area contributed by atoms with Gasteiger partial charge in [-0.1, -0.05) is 18.2 Å². The fourth-order valence-corrected chi connectivity index (χ4v) is 5.68. The molecule has 0 atom stereocenters. The quantitative estimate of drug-likeness (QED) is 0.493. The van der Waals surface area contributed by atoms with Crippen LogP contribution in [-0.2, 0) is 21.3 Å². The van der Waals surface area contributed by atoms with Crippen molar-refractivity contribution < 1.29 is 26.7 Å². The molecule has 180 valence electrons. The summed E-state index contributed by atoms with van der Waals surface area (Å²) in [7, 11) is -4.17. The van der Waals surface area contributed by atoms with E-state index in [0.29, 0.717) is 37.0 Å². The Balaban J connectivity index is 1.56. The molecule has 2 heterocycles. The summed E-state index contributed by atoms with van der Waals surface area (Å²) in [6.45, 7) is 5.02. The molecule has 0 bridgehead atoms. The predicted octanol–water partition coefficient (Wildman–Crippen LogP) is 3.50. The van der Waals surface area contributed by atoms with E-state index in [9.17, 15) is 22.0 Å². The van der Waals surface area contributed by atoms with Crippen LogP contribution in [0.5, 0.6) is 0 Å². The van der Waals surface area contributed by atoms with Crippen molar-refractivity contribution in [2.45, 2.75) is 25.3 Å². The van der Waals surface area contributed by atoms with Crippen molar-refractivity contribution in [3.8, 4) is 0 Å². The molecule has 0 aliphatic carbocycles. The summed E-state index contributed by atoms with van der Waals surface area (Å²) in [6, 6.07) is 9.92. The van der Waals surface area contributed by atoms with E-state index in [4.69, 9.17) is 9.72 Å². The van der Waals surface area contributed by atoms with E-state index in [1.165, 1.54) is 0 Å². The van der Waals surface area contributed by atoms with Crippen LogP contribution in [0.15, 0.2) is 47.4 Å². The number of hydrogen-bond acceptors (Lipinski definition) is 6. The van der Waals surface area contributed by atoms with Gasteiger partial charge in [-0.25, -0.2) is 22.0 Å². The van der Waals surface area contributed by atoms with Crippen LogP contribution in [0, 0.1) is 18.6 Å². The first kappa shape index (κ1) is 24.2. The number of para-hydroxylation sites is 1. The molecule has 0 N–H and O–H groups in total. The van der Waals surface area contributed by atoms with Crippen molar-refractivity contribution in [1.29, 1.82) is 0 Å². The molecule has 34 heavy (non-hydrogen) atoms. The lowest BCUT2D eigenvalue weighted by Crippen LogP contribution is -2.48. The highest BCUT2D eigenvalue weighted by Crippen LogP contribution is 2.26.